The lowest BCUT2D eigenvalue weighted by Crippen LogP contribution is -2.57. The number of fused-ring (bicyclic) bond motifs is 2. The first kappa shape index (κ1) is 27.6. The van der Waals surface area contributed by atoms with Crippen LogP contribution in [-0.2, 0) is 36.9 Å². The van der Waals surface area contributed by atoms with Gasteiger partial charge in [0.05, 0.1) is 24.4 Å². The first-order valence-corrected chi connectivity index (χ1v) is 12.2. The van der Waals surface area contributed by atoms with Crippen LogP contribution >= 0.6 is 23.2 Å². The standard InChI is InChI=1S/C20H16Cl2F3N3O2.C5H10O2/c1-28-9-18(10-28)17-12(8-29-18)2-11(7-26-17)16-6-19(30-27-16,20(23,24)25)13-3-14(21)5-15(22)4-13;1-5(2,3)7-4-6/h2-5,7H,6,8-10H2,1H3;4H,1-3H3. The van der Waals surface area contributed by atoms with Crippen molar-refractivity contribution in [1.82, 2.24) is 9.88 Å². The van der Waals surface area contributed by atoms with Gasteiger partial charge < -0.3 is 14.3 Å². The highest BCUT2D eigenvalue weighted by molar-refractivity contribution is 6.34. The van der Waals surface area contributed by atoms with Crippen molar-refractivity contribution >= 4 is 35.4 Å². The zero-order chi connectivity index (χ0) is 27.2. The molecule has 12 heteroatoms. The molecule has 1 saturated heterocycles. The van der Waals surface area contributed by atoms with E-state index < -0.39 is 23.8 Å². The Morgan fingerprint density at radius 2 is 1.76 bits per heavy atom. The molecule has 0 bridgehead atoms. The maximum absolute atomic E-state index is 14.1. The molecule has 0 aliphatic carbocycles. The number of carbonyl (C=O) groups is 1. The van der Waals surface area contributed by atoms with E-state index in [9.17, 15) is 18.0 Å². The number of alkyl halides is 3. The molecule has 1 aromatic heterocycles. The van der Waals surface area contributed by atoms with E-state index in [2.05, 4.69) is 19.8 Å². The second kappa shape index (κ2) is 9.72. The number of halogens is 5. The van der Waals surface area contributed by atoms with Crippen LogP contribution < -0.4 is 0 Å². The molecule has 1 spiro atoms. The summed E-state index contributed by atoms with van der Waals surface area (Å²) in [6, 6.07) is 5.55. The van der Waals surface area contributed by atoms with Crippen LogP contribution in [0, 0.1) is 0 Å². The predicted molar refractivity (Wildman–Crippen MR) is 132 cm³/mol. The van der Waals surface area contributed by atoms with Gasteiger partial charge in [0.2, 0.25) is 0 Å². The fourth-order valence-electron chi connectivity index (χ4n) is 4.53. The summed E-state index contributed by atoms with van der Waals surface area (Å²) in [6.45, 7) is 7.77. The van der Waals surface area contributed by atoms with Crippen LogP contribution in [0.1, 0.15) is 49.6 Å². The molecule has 4 heterocycles. The van der Waals surface area contributed by atoms with Crippen LogP contribution in [0.5, 0.6) is 0 Å². The van der Waals surface area contributed by atoms with Gasteiger partial charge in [-0.05, 0) is 52.1 Å². The molecular formula is C25H26Cl2F3N3O4. The monoisotopic (exact) mass is 559 g/mol. The molecule has 200 valence electrons. The Morgan fingerprint density at radius 1 is 1.11 bits per heavy atom. The summed E-state index contributed by atoms with van der Waals surface area (Å²) in [5.41, 5.74) is -1.26. The molecule has 2 aromatic rings. The van der Waals surface area contributed by atoms with Crippen molar-refractivity contribution in [3.8, 4) is 0 Å². The Labute approximate surface area is 222 Å². The summed E-state index contributed by atoms with van der Waals surface area (Å²) in [5.74, 6) is 0. The van der Waals surface area contributed by atoms with Gasteiger partial charge >= 0.3 is 6.18 Å². The highest BCUT2D eigenvalue weighted by Crippen LogP contribution is 2.50. The summed E-state index contributed by atoms with van der Waals surface area (Å²) in [6.07, 6.45) is -3.71. The Hall–Kier alpha value is -2.40. The number of benzene rings is 1. The van der Waals surface area contributed by atoms with Crippen LogP contribution in [0.25, 0.3) is 0 Å². The first-order chi connectivity index (χ1) is 17.2. The van der Waals surface area contributed by atoms with Crippen molar-refractivity contribution in [2.24, 2.45) is 5.16 Å². The minimum atomic E-state index is -4.74. The van der Waals surface area contributed by atoms with Crippen molar-refractivity contribution in [3.63, 3.8) is 0 Å². The normalized spacial score (nSPS) is 22.4. The molecule has 1 aromatic carbocycles. The van der Waals surface area contributed by atoms with Crippen molar-refractivity contribution in [2.45, 2.75) is 56.8 Å². The SMILES string of the molecule is CC(C)(C)OC=O.CN1CC2(C1)OCc1cc(C3=NOC(c4cc(Cl)cc(Cl)c4)(C(F)(F)F)C3)cnc12. The van der Waals surface area contributed by atoms with Gasteiger partial charge in [-0.25, -0.2) is 0 Å². The van der Waals surface area contributed by atoms with Gasteiger partial charge in [0.15, 0.2) is 0 Å². The number of hydrogen-bond donors (Lipinski definition) is 0. The number of likely N-dealkylation sites (tertiary alicyclic amines) is 1. The van der Waals surface area contributed by atoms with Gasteiger partial charge in [-0.1, -0.05) is 28.4 Å². The number of rotatable bonds is 3. The summed E-state index contributed by atoms with van der Waals surface area (Å²) in [4.78, 5) is 21.3. The summed E-state index contributed by atoms with van der Waals surface area (Å²) >= 11 is 11.9. The number of aromatic nitrogens is 1. The van der Waals surface area contributed by atoms with Crippen LogP contribution in [0.2, 0.25) is 10.0 Å². The van der Waals surface area contributed by atoms with E-state index in [1.54, 1.807) is 6.07 Å². The zero-order valence-electron chi connectivity index (χ0n) is 20.7. The molecule has 0 N–H and O–H groups in total. The van der Waals surface area contributed by atoms with E-state index >= 15 is 0 Å². The average molecular weight is 560 g/mol. The lowest BCUT2D eigenvalue weighted by atomic mass is 9.86. The lowest BCUT2D eigenvalue weighted by molar-refractivity contribution is -0.275. The third-order valence-electron chi connectivity index (χ3n) is 6.20. The number of pyridine rings is 1. The summed E-state index contributed by atoms with van der Waals surface area (Å²) in [5, 5.41) is 3.97. The van der Waals surface area contributed by atoms with E-state index in [0.717, 1.165) is 24.3 Å². The largest absolute Gasteiger partial charge is 0.462 e. The van der Waals surface area contributed by atoms with Gasteiger partial charge in [0.25, 0.3) is 12.1 Å². The van der Waals surface area contributed by atoms with Crippen molar-refractivity contribution in [2.75, 3.05) is 20.1 Å². The summed E-state index contributed by atoms with van der Waals surface area (Å²) < 4.78 is 52.9. The van der Waals surface area contributed by atoms with E-state index in [-0.39, 0.29) is 26.9 Å². The lowest BCUT2D eigenvalue weighted by Gasteiger charge is -2.44. The average Bonchev–Trinajstić information content (AvgIpc) is 3.36. The number of nitrogens with zero attached hydrogens (tertiary/aromatic N) is 3. The Kier molecular flexibility index (Phi) is 7.26. The zero-order valence-corrected chi connectivity index (χ0v) is 22.2. The van der Waals surface area contributed by atoms with Gasteiger partial charge in [0, 0.05) is 46.0 Å². The first-order valence-electron chi connectivity index (χ1n) is 11.4. The number of oxime groups is 1. The number of ether oxygens (including phenoxy) is 2. The molecule has 3 aliphatic rings. The Morgan fingerprint density at radius 3 is 2.27 bits per heavy atom. The number of hydrogen-bond acceptors (Lipinski definition) is 7. The van der Waals surface area contributed by atoms with Crippen molar-refractivity contribution in [1.29, 1.82) is 0 Å². The number of carbonyl (C=O) groups excluding carboxylic acids is 1. The summed E-state index contributed by atoms with van der Waals surface area (Å²) in [7, 11) is 1.99. The third kappa shape index (κ3) is 5.43. The van der Waals surface area contributed by atoms with Crippen LogP contribution in [0.4, 0.5) is 13.2 Å². The maximum Gasteiger partial charge on any atom is 0.435 e. The predicted octanol–water partition coefficient (Wildman–Crippen LogP) is 5.60. The minimum absolute atomic E-state index is 0.0882. The van der Waals surface area contributed by atoms with Crippen molar-refractivity contribution < 1.29 is 32.3 Å². The van der Waals surface area contributed by atoms with Crippen molar-refractivity contribution in [3.05, 3.63) is 62.9 Å². The van der Waals surface area contributed by atoms with Gasteiger partial charge in [-0.2, -0.15) is 13.2 Å². The smallest absolute Gasteiger partial charge is 0.435 e. The van der Waals surface area contributed by atoms with E-state index in [4.69, 9.17) is 32.8 Å². The van der Waals surface area contributed by atoms with E-state index in [1.807, 2.05) is 27.8 Å². The molecule has 0 amide bonds. The van der Waals surface area contributed by atoms with E-state index in [0.29, 0.717) is 18.6 Å². The van der Waals surface area contributed by atoms with Crippen LogP contribution in [-0.4, -0.2) is 54.0 Å². The van der Waals surface area contributed by atoms with Gasteiger partial charge in [-0.15, -0.1) is 0 Å². The van der Waals surface area contributed by atoms with Crippen LogP contribution in [0.15, 0.2) is 35.6 Å². The van der Waals surface area contributed by atoms with Gasteiger partial charge in [0.1, 0.15) is 11.2 Å². The Bertz CT molecular complexity index is 1210. The highest BCUT2D eigenvalue weighted by Gasteiger charge is 2.62. The molecule has 0 saturated carbocycles. The Balaban J connectivity index is 0.000000405. The third-order valence-corrected chi connectivity index (χ3v) is 6.64. The molecule has 1 atom stereocenters. The molecule has 3 aliphatic heterocycles. The fourth-order valence-corrected chi connectivity index (χ4v) is 5.06. The molecule has 1 fully saturated rings. The number of likely N-dealkylation sites (N-methyl/N-ethyl adjacent to an activating group) is 1. The molecule has 0 radical (unpaired) electrons. The molecule has 37 heavy (non-hydrogen) atoms. The highest BCUT2D eigenvalue weighted by atomic mass is 35.5. The molecule has 5 rings (SSSR count). The molecular weight excluding hydrogens is 534 g/mol. The maximum atomic E-state index is 14.1. The minimum Gasteiger partial charge on any atom is -0.462 e. The quantitative estimate of drug-likeness (QED) is 0.456. The second-order valence-corrected chi connectivity index (χ2v) is 11.2. The van der Waals surface area contributed by atoms with Crippen LogP contribution in [0.3, 0.4) is 0 Å². The topological polar surface area (TPSA) is 73.2 Å². The van der Waals surface area contributed by atoms with Gasteiger partial charge in [-0.3, -0.25) is 14.7 Å². The second-order valence-electron chi connectivity index (χ2n) is 10.3. The fraction of sp³-hybridized carbons (Fsp3) is 0.480. The van der Waals surface area contributed by atoms with E-state index in [1.165, 1.54) is 24.4 Å². The molecule has 1 unspecified atom stereocenters. The molecule has 7 nitrogen and oxygen atoms in total.